The predicted octanol–water partition coefficient (Wildman–Crippen LogP) is 3.38. The van der Waals surface area contributed by atoms with E-state index >= 15 is 0 Å². The van der Waals surface area contributed by atoms with Gasteiger partial charge in [-0.2, -0.15) is 5.10 Å². The fraction of sp³-hybridized carbons (Fsp3) is 0.444. The molecule has 2 rings (SSSR count). The van der Waals surface area contributed by atoms with Crippen LogP contribution in [0.25, 0.3) is 0 Å². The number of hydrogen-bond acceptors (Lipinski definition) is 3. The van der Waals surface area contributed by atoms with Gasteiger partial charge in [0, 0.05) is 13.6 Å². The molecule has 1 N–H and O–H groups in total. The zero-order chi connectivity index (χ0) is 16.8. The van der Waals surface area contributed by atoms with Gasteiger partial charge in [0.05, 0.1) is 24.1 Å². The van der Waals surface area contributed by atoms with E-state index in [-0.39, 0.29) is 11.8 Å². The number of aromatic nitrogens is 2. The van der Waals surface area contributed by atoms with Gasteiger partial charge in [-0.3, -0.25) is 9.89 Å². The molecule has 5 heteroatoms. The predicted molar refractivity (Wildman–Crippen MR) is 90.9 cm³/mol. The highest BCUT2D eigenvalue weighted by Gasteiger charge is 2.19. The van der Waals surface area contributed by atoms with Crippen molar-refractivity contribution in [3.63, 3.8) is 0 Å². The number of para-hydroxylation sites is 1. The molecule has 0 saturated heterocycles. The van der Waals surface area contributed by atoms with E-state index in [4.69, 9.17) is 4.74 Å². The van der Waals surface area contributed by atoms with Crippen LogP contribution in [0.15, 0.2) is 30.5 Å². The second-order valence-electron chi connectivity index (χ2n) is 6.05. The van der Waals surface area contributed by atoms with Gasteiger partial charge < -0.3 is 9.64 Å². The Morgan fingerprint density at radius 2 is 2.09 bits per heavy atom. The van der Waals surface area contributed by atoms with Gasteiger partial charge in [0.25, 0.3) is 5.91 Å². The molecule has 0 bridgehead atoms. The van der Waals surface area contributed by atoms with Gasteiger partial charge in [-0.15, -0.1) is 0 Å². The molecule has 124 valence electrons. The molecular weight excluding hydrogens is 290 g/mol. The van der Waals surface area contributed by atoms with Crippen molar-refractivity contribution in [3.05, 3.63) is 47.3 Å². The van der Waals surface area contributed by atoms with E-state index in [0.717, 1.165) is 23.4 Å². The number of nitrogens with zero attached hydrogens (tertiary/aromatic N) is 2. The van der Waals surface area contributed by atoms with Gasteiger partial charge >= 0.3 is 0 Å². The molecule has 0 saturated carbocycles. The maximum Gasteiger partial charge on any atom is 0.257 e. The Bertz CT molecular complexity index is 649. The molecule has 23 heavy (non-hydrogen) atoms. The SMILES string of the molecule is Cc1ccccc1OCCCN(C)C(=O)c1cn[nH]c1C(C)C. The van der Waals surface area contributed by atoms with E-state index in [2.05, 4.69) is 10.2 Å². The Labute approximate surface area is 137 Å². The van der Waals surface area contributed by atoms with E-state index in [1.807, 2.05) is 52.1 Å². The van der Waals surface area contributed by atoms with Crippen LogP contribution in [0.5, 0.6) is 5.75 Å². The second-order valence-corrected chi connectivity index (χ2v) is 6.05. The van der Waals surface area contributed by atoms with Crippen LogP contribution in [0.1, 0.15) is 47.8 Å². The molecular formula is C18H25N3O2. The third-order valence-corrected chi connectivity index (χ3v) is 3.81. The first kappa shape index (κ1) is 17.1. The molecule has 0 radical (unpaired) electrons. The fourth-order valence-corrected chi connectivity index (χ4v) is 2.42. The first-order chi connectivity index (χ1) is 11.0. The Kier molecular flexibility index (Phi) is 5.79. The summed E-state index contributed by atoms with van der Waals surface area (Å²) in [4.78, 5) is 14.2. The molecule has 1 aromatic heterocycles. The summed E-state index contributed by atoms with van der Waals surface area (Å²) >= 11 is 0. The molecule has 0 aliphatic carbocycles. The minimum Gasteiger partial charge on any atom is -0.493 e. The van der Waals surface area contributed by atoms with E-state index < -0.39 is 0 Å². The molecule has 1 amide bonds. The minimum atomic E-state index is -0.00154. The largest absolute Gasteiger partial charge is 0.493 e. The van der Waals surface area contributed by atoms with Crippen molar-refractivity contribution in [1.82, 2.24) is 15.1 Å². The van der Waals surface area contributed by atoms with E-state index in [1.54, 1.807) is 11.1 Å². The summed E-state index contributed by atoms with van der Waals surface area (Å²) in [7, 11) is 1.81. The molecule has 0 aliphatic heterocycles. The lowest BCUT2D eigenvalue weighted by Gasteiger charge is -2.18. The van der Waals surface area contributed by atoms with Crippen LogP contribution in [0.3, 0.4) is 0 Å². The highest BCUT2D eigenvalue weighted by Crippen LogP contribution is 2.18. The Balaban J connectivity index is 1.83. The number of H-pyrrole nitrogens is 1. The monoisotopic (exact) mass is 315 g/mol. The van der Waals surface area contributed by atoms with Crippen LogP contribution in [-0.4, -0.2) is 41.2 Å². The normalized spacial score (nSPS) is 10.8. The summed E-state index contributed by atoms with van der Waals surface area (Å²) in [6.07, 6.45) is 2.39. The van der Waals surface area contributed by atoms with Crippen LogP contribution in [-0.2, 0) is 0 Å². The van der Waals surface area contributed by atoms with Crippen molar-refractivity contribution in [2.24, 2.45) is 0 Å². The number of hydrogen-bond donors (Lipinski definition) is 1. The zero-order valence-electron chi connectivity index (χ0n) is 14.3. The third-order valence-electron chi connectivity index (χ3n) is 3.81. The van der Waals surface area contributed by atoms with Crippen LogP contribution in [0, 0.1) is 6.92 Å². The summed E-state index contributed by atoms with van der Waals surface area (Å²) in [6.45, 7) is 7.34. The standard InChI is InChI=1S/C18H25N3O2/c1-13(2)17-15(12-19-20-17)18(22)21(4)10-7-11-23-16-9-6-5-8-14(16)3/h5-6,8-9,12-13H,7,10-11H2,1-4H3,(H,19,20). The van der Waals surface area contributed by atoms with Gasteiger partial charge in [0.2, 0.25) is 0 Å². The van der Waals surface area contributed by atoms with Crippen LogP contribution in [0.2, 0.25) is 0 Å². The van der Waals surface area contributed by atoms with Crippen molar-refractivity contribution in [2.75, 3.05) is 20.2 Å². The topological polar surface area (TPSA) is 58.2 Å². The summed E-state index contributed by atoms with van der Waals surface area (Å²) < 4.78 is 5.76. The van der Waals surface area contributed by atoms with Gasteiger partial charge in [0.1, 0.15) is 5.75 Å². The number of ether oxygens (including phenoxy) is 1. The molecule has 0 spiro atoms. The van der Waals surface area contributed by atoms with Gasteiger partial charge in [-0.1, -0.05) is 32.0 Å². The molecule has 1 heterocycles. The number of carbonyl (C=O) groups excluding carboxylic acids is 1. The molecule has 0 unspecified atom stereocenters. The lowest BCUT2D eigenvalue weighted by Crippen LogP contribution is -2.29. The fourth-order valence-electron chi connectivity index (χ4n) is 2.42. The summed E-state index contributed by atoms with van der Waals surface area (Å²) in [6, 6.07) is 7.94. The van der Waals surface area contributed by atoms with Gasteiger partial charge in [0.15, 0.2) is 0 Å². The average Bonchev–Trinajstić information content (AvgIpc) is 3.02. The molecule has 0 aliphatic rings. The number of benzene rings is 1. The van der Waals surface area contributed by atoms with Crippen LogP contribution < -0.4 is 4.74 Å². The first-order valence-electron chi connectivity index (χ1n) is 7.98. The maximum atomic E-state index is 12.5. The number of rotatable bonds is 7. The number of carbonyl (C=O) groups is 1. The smallest absolute Gasteiger partial charge is 0.257 e. The lowest BCUT2D eigenvalue weighted by molar-refractivity contribution is 0.0786. The highest BCUT2D eigenvalue weighted by atomic mass is 16.5. The van der Waals surface area contributed by atoms with E-state index in [1.165, 1.54) is 0 Å². The van der Waals surface area contributed by atoms with Crippen molar-refractivity contribution in [1.29, 1.82) is 0 Å². The Morgan fingerprint density at radius 3 is 2.78 bits per heavy atom. The first-order valence-corrected chi connectivity index (χ1v) is 7.98. The molecule has 0 atom stereocenters. The third kappa shape index (κ3) is 4.34. The van der Waals surface area contributed by atoms with Crippen molar-refractivity contribution in [2.45, 2.75) is 33.1 Å². The van der Waals surface area contributed by atoms with Crippen molar-refractivity contribution >= 4 is 5.91 Å². The second kappa shape index (κ2) is 7.81. The summed E-state index contributed by atoms with van der Waals surface area (Å²) in [5.74, 6) is 1.14. The lowest BCUT2D eigenvalue weighted by atomic mass is 10.1. The van der Waals surface area contributed by atoms with Crippen molar-refractivity contribution < 1.29 is 9.53 Å². The van der Waals surface area contributed by atoms with Crippen LogP contribution >= 0.6 is 0 Å². The number of amides is 1. The molecule has 2 aromatic rings. The quantitative estimate of drug-likeness (QED) is 0.797. The van der Waals surface area contributed by atoms with Crippen LogP contribution in [0.4, 0.5) is 0 Å². The van der Waals surface area contributed by atoms with Gasteiger partial charge in [-0.05, 0) is 30.9 Å². The highest BCUT2D eigenvalue weighted by molar-refractivity contribution is 5.95. The van der Waals surface area contributed by atoms with Gasteiger partial charge in [-0.25, -0.2) is 0 Å². The average molecular weight is 315 g/mol. The number of aromatic amines is 1. The van der Waals surface area contributed by atoms with E-state index in [0.29, 0.717) is 18.7 Å². The summed E-state index contributed by atoms with van der Waals surface area (Å²) in [5, 5.41) is 6.91. The number of nitrogens with one attached hydrogen (secondary N) is 1. The minimum absolute atomic E-state index is 0.00154. The Morgan fingerprint density at radius 1 is 1.35 bits per heavy atom. The molecule has 0 fully saturated rings. The summed E-state index contributed by atoms with van der Waals surface area (Å²) in [5.41, 5.74) is 2.66. The Hall–Kier alpha value is -2.30. The van der Waals surface area contributed by atoms with Crippen molar-refractivity contribution in [3.8, 4) is 5.75 Å². The number of aryl methyl sites for hydroxylation is 1. The maximum absolute atomic E-state index is 12.5. The zero-order valence-corrected chi connectivity index (χ0v) is 14.3. The molecule has 5 nitrogen and oxygen atoms in total. The molecule has 1 aromatic carbocycles. The van der Waals surface area contributed by atoms with E-state index in [9.17, 15) is 4.79 Å².